The number of aromatic nitrogens is 4. The number of alkyl halides is 2. The van der Waals surface area contributed by atoms with Gasteiger partial charge in [0.25, 0.3) is 5.92 Å². The summed E-state index contributed by atoms with van der Waals surface area (Å²) >= 11 is 0. The van der Waals surface area contributed by atoms with E-state index in [-0.39, 0.29) is 37.2 Å². The lowest BCUT2D eigenvalue weighted by atomic mass is 9.95. The number of pyridine rings is 2. The topological polar surface area (TPSA) is 84.1 Å². The van der Waals surface area contributed by atoms with Crippen LogP contribution in [0.3, 0.4) is 0 Å². The van der Waals surface area contributed by atoms with E-state index in [1.54, 1.807) is 23.2 Å². The predicted octanol–water partition coefficient (Wildman–Crippen LogP) is 5.67. The van der Waals surface area contributed by atoms with Gasteiger partial charge in [-0.05, 0) is 42.5 Å². The SMILES string of the molecule is CC(C)c1nn(C2CCCCC2)c2nc(C(=O)O)cc(-c3ccc(N4CCC(F)(F)C4)nc3)c12. The first-order valence-electron chi connectivity index (χ1n) is 12.0. The summed E-state index contributed by atoms with van der Waals surface area (Å²) in [7, 11) is 0. The van der Waals surface area contributed by atoms with Crippen LogP contribution in [0.4, 0.5) is 14.6 Å². The fraction of sp³-hybridized carbons (Fsp3) is 0.520. The molecule has 0 radical (unpaired) electrons. The largest absolute Gasteiger partial charge is 0.477 e. The van der Waals surface area contributed by atoms with Crippen molar-refractivity contribution < 1.29 is 18.7 Å². The first-order valence-corrected chi connectivity index (χ1v) is 12.0. The van der Waals surface area contributed by atoms with Crippen molar-refractivity contribution >= 4 is 22.8 Å². The third-order valence-corrected chi connectivity index (χ3v) is 6.93. The van der Waals surface area contributed by atoms with Crippen LogP contribution in [-0.2, 0) is 0 Å². The van der Waals surface area contributed by atoms with E-state index in [4.69, 9.17) is 5.10 Å². The van der Waals surface area contributed by atoms with Gasteiger partial charge in [-0.15, -0.1) is 0 Å². The molecule has 1 N–H and O–H groups in total. The molecular formula is C25H29F2N5O2. The van der Waals surface area contributed by atoms with E-state index in [2.05, 4.69) is 23.8 Å². The molecule has 7 nitrogen and oxygen atoms in total. The zero-order valence-electron chi connectivity index (χ0n) is 19.5. The molecule has 4 heterocycles. The van der Waals surface area contributed by atoms with E-state index in [1.807, 2.05) is 10.7 Å². The van der Waals surface area contributed by atoms with Gasteiger partial charge in [0.05, 0.1) is 23.7 Å². The van der Waals surface area contributed by atoms with Crippen molar-refractivity contribution in [1.82, 2.24) is 19.7 Å². The molecule has 1 aliphatic carbocycles. The van der Waals surface area contributed by atoms with Gasteiger partial charge in [-0.25, -0.2) is 28.2 Å². The fourth-order valence-corrected chi connectivity index (χ4v) is 5.15. The Balaban J connectivity index is 1.64. The van der Waals surface area contributed by atoms with Crippen molar-refractivity contribution in [2.75, 3.05) is 18.0 Å². The number of rotatable bonds is 5. The lowest BCUT2D eigenvalue weighted by molar-refractivity contribution is 0.0256. The molecule has 3 aromatic heterocycles. The molecule has 0 atom stereocenters. The molecule has 34 heavy (non-hydrogen) atoms. The zero-order chi connectivity index (χ0) is 24.0. The second-order valence-corrected chi connectivity index (χ2v) is 9.77. The summed E-state index contributed by atoms with van der Waals surface area (Å²) in [6.45, 7) is 4.05. The third-order valence-electron chi connectivity index (χ3n) is 6.93. The van der Waals surface area contributed by atoms with Gasteiger partial charge < -0.3 is 10.0 Å². The number of fused-ring (bicyclic) bond motifs is 1. The predicted molar refractivity (Wildman–Crippen MR) is 126 cm³/mol. The Bertz CT molecular complexity index is 1220. The molecule has 3 aromatic rings. The molecule has 1 aliphatic heterocycles. The lowest BCUT2D eigenvalue weighted by Crippen LogP contribution is -2.25. The van der Waals surface area contributed by atoms with Gasteiger partial charge in [0.2, 0.25) is 0 Å². The number of carboxylic acids is 1. The van der Waals surface area contributed by atoms with Crippen molar-refractivity contribution in [3.63, 3.8) is 0 Å². The molecule has 1 saturated heterocycles. The molecule has 2 aliphatic rings. The van der Waals surface area contributed by atoms with Gasteiger partial charge in [-0.3, -0.25) is 0 Å². The molecular weight excluding hydrogens is 440 g/mol. The lowest BCUT2D eigenvalue weighted by Gasteiger charge is -2.22. The zero-order valence-corrected chi connectivity index (χ0v) is 19.5. The van der Waals surface area contributed by atoms with Crippen LogP contribution in [0.1, 0.15) is 80.5 Å². The smallest absolute Gasteiger partial charge is 0.354 e. The van der Waals surface area contributed by atoms with Gasteiger partial charge in [0.15, 0.2) is 11.3 Å². The third kappa shape index (κ3) is 4.12. The highest BCUT2D eigenvalue weighted by atomic mass is 19.3. The highest BCUT2D eigenvalue weighted by Gasteiger charge is 2.38. The summed E-state index contributed by atoms with van der Waals surface area (Å²) in [5, 5.41) is 15.6. The number of carbonyl (C=O) groups is 1. The monoisotopic (exact) mass is 469 g/mol. The highest BCUT2D eigenvalue weighted by Crippen LogP contribution is 2.38. The molecule has 0 bridgehead atoms. The normalized spacial score (nSPS) is 18.8. The number of aromatic carboxylic acids is 1. The molecule has 0 unspecified atom stereocenters. The van der Waals surface area contributed by atoms with Gasteiger partial charge in [-0.1, -0.05) is 33.1 Å². The van der Waals surface area contributed by atoms with Crippen LogP contribution < -0.4 is 4.90 Å². The van der Waals surface area contributed by atoms with Crippen LogP contribution in [0.15, 0.2) is 24.4 Å². The first kappa shape index (κ1) is 22.7. The first-order chi connectivity index (χ1) is 16.2. The molecule has 0 aromatic carbocycles. The maximum atomic E-state index is 13.7. The number of hydrogen-bond acceptors (Lipinski definition) is 5. The summed E-state index contributed by atoms with van der Waals surface area (Å²) < 4.78 is 29.2. The number of anilines is 1. The van der Waals surface area contributed by atoms with Crippen molar-refractivity contribution in [3.05, 3.63) is 35.8 Å². The number of nitrogens with zero attached hydrogens (tertiary/aromatic N) is 5. The average Bonchev–Trinajstić information content (AvgIpc) is 3.39. The quantitative estimate of drug-likeness (QED) is 0.519. The molecule has 1 saturated carbocycles. The minimum atomic E-state index is -2.70. The van der Waals surface area contributed by atoms with Crippen LogP contribution in [0.2, 0.25) is 0 Å². The van der Waals surface area contributed by atoms with E-state index in [0.717, 1.165) is 42.3 Å². The van der Waals surface area contributed by atoms with Gasteiger partial charge in [0.1, 0.15) is 5.82 Å². The Morgan fingerprint density at radius 2 is 1.97 bits per heavy atom. The summed E-state index contributed by atoms with van der Waals surface area (Å²) in [6.07, 6.45) is 6.89. The second-order valence-electron chi connectivity index (χ2n) is 9.77. The highest BCUT2D eigenvalue weighted by molar-refractivity contribution is 5.99. The van der Waals surface area contributed by atoms with Gasteiger partial charge in [0, 0.05) is 24.7 Å². The van der Waals surface area contributed by atoms with Gasteiger partial charge in [-0.2, -0.15) is 5.10 Å². The van der Waals surface area contributed by atoms with Crippen LogP contribution in [0.25, 0.3) is 22.2 Å². The molecule has 0 spiro atoms. The Morgan fingerprint density at radius 1 is 1.21 bits per heavy atom. The molecule has 5 rings (SSSR count). The van der Waals surface area contributed by atoms with Crippen LogP contribution >= 0.6 is 0 Å². The van der Waals surface area contributed by atoms with Crippen molar-refractivity contribution in [1.29, 1.82) is 0 Å². The number of halogens is 2. The van der Waals surface area contributed by atoms with Crippen LogP contribution in [0.5, 0.6) is 0 Å². The van der Waals surface area contributed by atoms with Gasteiger partial charge >= 0.3 is 5.97 Å². The Labute approximate surface area is 196 Å². The van der Waals surface area contributed by atoms with E-state index < -0.39 is 11.9 Å². The maximum Gasteiger partial charge on any atom is 0.354 e. The summed E-state index contributed by atoms with van der Waals surface area (Å²) in [6, 6.07) is 5.32. The van der Waals surface area contributed by atoms with Crippen LogP contribution in [-0.4, -0.2) is 49.8 Å². The second kappa shape index (κ2) is 8.60. The minimum absolute atomic E-state index is 0.0435. The van der Waals surface area contributed by atoms with E-state index >= 15 is 0 Å². The van der Waals surface area contributed by atoms with Crippen molar-refractivity contribution in [3.8, 4) is 11.1 Å². The maximum absolute atomic E-state index is 13.7. The number of carboxylic acid groups (broad SMARTS) is 1. The molecule has 0 amide bonds. The molecule has 180 valence electrons. The van der Waals surface area contributed by atoms with E-state index in [0.29, 0.717) is 17.0 Å². The Kier molecular flexibility index (Phi) is 5.73. The minimum Gasteiger partial charge on any atom is -0.477 e. The Hall–Kier alpha value is -3.10. The summed E-state index contributed by atoms with van der Waals surface area (Å²) in [4.78, 5) is 22.5. The van der Waals surface area contributed by atoms with Crippen molar-refractivity contribution in [2.45, 2.75) is 70.3 Å². The van der Waals surface area contributed by atoms with Crippen LogP contribution in [0, 0.1) is 0 Å². The molecule has 2 fully saturated rings. The standard InChI is InChI=1S/C25H29F2N5O2/c1-15(2)22-21-18(16-8-9-20(28-13-16)31-11-10-25(26,27)14-31)12-19(24(33)34)29-23(21)32(30-22)17-6-4-3-5-7-17/h8-9,12-13,15,17H,3-7,10-11,14H2,1-2H3,(H,33,34). The fourth-order valence-electron chi connectivity index (χ4n) is 5.15. The summed E-state index contributed by atoms with van der Waals surface area (Å²) in [5.41, 5.74) is 2.85. The Morgan fingerprint density at radius 3 is 2.56 bits per heavy atom. The van der Waals surface area contributed by atoms with E-state index in [1.165, 1.54) is 6.42 Å². The average molecular weight is 470 g/mol. The van der Waals surface area contributed by atoms with E-state index in [9.17, 15) is 18.7 Å². The van der Waals surface area contributed by atoms with Crippen molar-refractivity contribution in [2.24, 2.45) is 0 Å². The number of hydrogen-bond donors (Lipinski definition) is 1. The summed E-state index contributed by atoms with van der Waals surface area (Å²) in [5.74, 6) is -3.20. The molecule has 9 heteroatoms.